The van der Waals surface area contributed by atoms with Crippen LogP contribution in [0.2, 0.25) is 0 Å². The smallest absolute Gasteiger partial charge is 0.295 e. The van der Waals surface area contributed by atoms with Gasteiger partial charge in [0.15, 0.2) is 17.3 Å². The van der Waals surface area contributed by atoms with Crippen LogP contribution in [0.15, 0.2) is 36.4 Å². The lowest BCUT2D eigenvalue weighted by Crippen LogP contribution is -2.06. The average Bonchev–Trinajstić information content (AvgIpc) is 2.49. The van der Waals surface area contributed by atoms with E-state index in [9.17, 15) is 18.9 Å². The fraction of sp³-hybridized carbons (Fsp3) is 0.0714. The SMILES string of the molecule is N#Cc1ccc(CNc2c([N+](=O)[O-])ccc(F)c2F)cc1. The largest absolute Gasteiger partial charge is 0.373 e. The average molecular weight is 289 g/mol. The molecule has 106 valence electrons. The Morgan fingerprint density at radius 1 is 1.19 bits per heavy atom. The summed E-state index contributed by atoms with van der Waals surface area (Å²) in [5, 5.41) is 22.0. The zero-order valence-electron chi connectivity index (χ0n) is 10.6. The topological polar surface area (TPSA) is 79.0 Å². The number of nitro groups is 1. The highest BCUT2D eigenvalue weighted by Gasteiger charge is 2.21. The third-order valence-corrected chi connectivity index (χ3v) is 2.82. The highest BCUT2D eigenvalue weighted by molar-refractivity contribution is 5.62. The molecule has 0 saturated carbocycles. The van der Waals surface area contributed by atoms with Crippen molar-refractivity contribution in [1.29, 1.82) is 5.26 Å². The molecule has 0 atom stereocenters. The predicted octanol–water partition coefficient (Wildman–Crippen LogP) is 3.36. The van der Waals surface area contributed by atoms with Crippen molar-refractivity contribution in [3.63, 3.8) is 0 Å². The molecule has 0 heterocycles. The minimum absolute atomic E-state index is 0.0624. The van der Waals surface area contributed by atoms with Crippen molar-refractivity contribution in [1.82, 2.24) is 0 Å². The molecule has 0 radical (unpaired) electrons. The fourth-order valence-corrected chi connectivity index (χ4v) is 1.75. The number of hydrogen-bond donors (Lipinski definition) is 1. The lowest BCUT2D eigenvalue weighted by molar-refractivity contribution is -0.384. The second-order valence-electron chi connectivity index (χ2n) is 4.17. The van der Waals surface area contributed by atoms with Crippen LogP contribution in [0.1, 0.15) is 11.1 Å². The van der Waals surface area contributed by atoms with Crippen LogP contribution >= 0.6 is 0 Å². The van der Waals surface area contributed by atoms with Crippen LogP contribution in [0, 0.1) is 33.1 Å². The molecule has 1 N–H and O–H groups in total. The number of benzene rings is 2. The molecule has 0 saturated heterocycles. The molecule has 0 spiro atoms. The van der Waals surface area contributed by atoms with Crippen molar-refractivity contribution in [2.45, 2.75) is 6.54 Å². The molecule has 21 heavy (non-hydrogen) atoms. The standard InChI is InChI=1S/C14H9F2N3O2/c15-11-5-6-12(19(20)21)14(13(11)16)18-8-10-3-1-9(7-17)2-4-10/h1-6,18H,8H2. The number of anilines is 1. The molecular weight excluding hydrogens is 280 g/mol. The molecule has 2 aromatic rings. The van der Waals surface area contributed by atoms with Gasteiger partial charge in [-0.15, -0.1) is 0 Å². The van der Waals surface area contributed by atoms with Crippen LogP contribution in [0.4, 0.5) is 20.2 Å². The summed E-state index contributed by atoms with van der Waals surface area (Å²) in [6, 6.07) is 9.93. The summed E-state index contributed by atoms with van der Waals surface area (Å²) >= 11 is 0. The van der Waals surface area contributed by atoms with E-state index in [4.69, 9.17) is 5.26 Å². The normalized spacial score (nSPS) is 9.95. The van der Waals surface area contributed by atoms with Gasteiger partial charge in [-0.2, -0.15) is 5.26 Å². The summed E-state index contributed by atoms with van der Waals surface area (Å²) in [5.74, 6) is -2.46. The molecule has 2 rings (SSSR count). The zero-order chi connectivity index (χ0) is 15.4. The zero-order valence-corrected chi connectivity index (χ0v) is 10.6. The molecule has 0 aromatic heterocycles. The summed E-state index contributed by atoms with van der Waals surface area (Å²) in [6.07, 6.45) is 0. The van der Waals surface area contributed by atoms with Gasteiger partial charge in [-0.05, 0) is 23.8 Å². The van der Waals surface area contributed by atoms with E-state index < -0.39 is 27.9 Å². The van der Waals surface area contributed by atoms with Gasteiger partial charge in [-0.3, -0.25) is 10.1 Å². The summed E-state index contributed by atoms with van der Waals surface area (Å²) < 4.78 is 26.8. The van der Waals surface area contributed by atoms with Crippen LogP contribution in [0.5, 0.6) is 0 Å². The molecule has 0 bridgehead atoms. The number of nitrogens with one attached hydrogen (secondary N) is 1. The van der Waals surface area contributed by atoms with Crippen LogP contribution in [-0.4, -0.2) is 4.92 Å². The third kappa shape index (κ3) is 3.12. The molecule has 0 aliphatic heterocycles. The highest BCUT2D eigenvalue weighted by atomic mass is 19.2. The Morgan fingerprint density at radius 2 is 1.86 bits per heavy atom. The number of nitrogens with zero attached hydrogens (tertiary/aromatic N) is 2. The van der Waals surface area contributed by atoms with Crippen molar-refractivity contribution in [3.05, 3.63) is 69.3 Å². The number of halogens is 2. The van der Waals surface area contributed by atoms with E-state index in [0.29, 0.717) is 17.2 Å². The summed E-state index contributed by atoms with van der Waals surface area (Å²) in [6.45, 7) is 0.0624. The maximum Gasteiger partial charge on any atom is 0.295 e. The minimum atomic E-state index is -1.29. The van der Waals surface area contributed by atoms with E-state index in [1.54, 1.807) is 24.3 Å². The highest BCUT2D eigenvalue weighted by Crippen LogP contribution is 2.29. The maximum atomic E-state index is 13.7. The first-order valence-electron chi connectivity index (χ1n) is 5.88. The van der Waals surface area contributed by atoms with Gasteiger partial charge in [0.25, 0.3) is 5.69 Å². The minimum Gasteiger partial charge on any atom is -0.373 e. The van der Waals surface area contributed by atoms with Gasteiger partial charge < -0.3 is 5.32 Å². The summed E-state index contributed by atoms with van der Waals surface area (Å²) in [5.41, 5.74) is 0.0977. The molecule has 2 aromatic carbocycles. The van der Waals surface area contributed by atoms with Crippen LogP contribution in [0.25, 0.3) is 0 Å². The Bertz CT molecular complexity index is 724. The number of nitriles is 1. The molecule has 7 heteroatoms. The van der Waals surface area contributed by atoms with Crippen molar-refractivity contribution in [3.8, 4) is 6.07 Å². The summed E-state index contributed by atoms with van der Waals surface area (Å²) in [4.78, 5) is 10.0. The van der Waals surface area contributed by atoms with E-state index in [1.165, 1.54) is 0 Å². The van der Waals surface area contributed by atoms with Gasteiger partial charge in [-0.1, -0.05) is 12.1 Å². The van der Waals surface area contributed by atoms with Crippen molar-refractivity contribution < 1.29 is 13.7 Å². The number of rotatable bonds is 4. The molecule has 0 aliphatic carbocycles. The third-order valence-electron chi connectivity index (χ3n) is 2.82. The van der Waals surface area contributed by atoms with E-state index in [0.717, 1.165) is 6.07 Å². The number of nitro benzene ring substituents is 1. The fourth-order valence-electron chi connectivity index (χ4n) is 1.75. The van der Waals surface area contributed by atoms with E-state index in [-0.39, 0.29) is 6.54 Å². The predicted molar refractivity (Wildman–Crippen MR) is 71.5 cm³/mol. The van der Waals surface area contributed by atoms with Crippen LogP contribution in [-0.2, 0) is 6.54 Å². The molecule has 0 aliphatic rings. The van der Waals surface area contributed by atoms with Gasteiger partial charge >= 0.3 is 0 Å². The molecule has 0 amide bonds. The first kappa shape index (κ1) is 14.4. The van der Waals surface area contributed by atoms with Gasteiger partial charge in [0.1, 0.15) is 0 Å². The quantitative estimate of drug-likeness (QED) is 0.691. The summed E-state index contributed by atoms with van der Waals surface area (Å²) in [7, 11) is 0. The van der Waals surface area contributed by atoms with Gasteiger partial charge in [0.05, 0.1) is 16.6 Å². The Morgan fingerprint density at radius 3 is 2.43 bits per heavy atom. The molecule has 0 fully saturated rings. The lowest BCUT2D eigenvalue weighted by Gasteiger charge is -2.09. The van der Waals surface area contributed by atoms with Gasteiger partial charge in [0, 0.05) is 12.6 Å². The first-order valence-corrected chi connectivity index (χ1v) is 5.88. The Balaban J connectivity index is 2.24. The van der Waals surface area contributed by atoms with Crippen molar-refractivity contribution in [2.24, 2.45) is 0 Å². The number of hydrogen-bond acceptors (Lipinski definition) is 4. The van der Waals surface area contributed by atoms with E-state index in [1.807, 2.05) is 6.07 Å². The Labute approximate surface area is 118 Å². The van der Waals surface area contributed by atoms with Crippen molar-refractivity contribution >= 4 is 11.4 Å². The Kier molecular flexibility index (Phi) is 4.09. The molecular formula is C14H9F2N3O2. The molecule has 0 unspecified atom stereocenters. The van der Waals surface area contributed by atoms with Crippen molar-refractivity contribution in [2.75, 3.05) is 5.32 Å². The van der Waals surface area contributed by atoms with Crippen LogP contribution in [0.3, 0.4) is 0 Å². The lowest BCUT2D eigenvalue weighted by atomic mass is 10.1. The first-order chi connectivity index (χ1) is 10.0. The maximum absolute atomic E-state index is 13.7. The van der Waals surface area contributed by atoms with E-state index in [2.05, 4.69) is 5.32 Å². The van der Waals surface area contributed by atoms with Gasteiger partial charge in [-0.25, -0.2) is 8.78 Å². The molecule has 5 nitrogen and oxygen atoms in total. The monoisotopic (exact) mass is 289 g/mol. The second kappa shape index (κ2) is 5.96. The van der Waals surface area contributed by atoms with Gasteiger partial charge in [0.2, 0.25) is 0 Å². The van der Waals surface area contributed by atoms with E-state index >= 15 is 0 Å². The van der Waals surface area contributed by atoms with Crippen LogP contribution < -0.4 is 5.32 Å². The second-order valence-corrected chi connectivity index (χ2v) is 4.17. The Hall–Kier alpha value is -3.01.